The van der Waals surface area contributed by atoms with Gasteiger partial charge in [0.25, 0.3) is 5.91 Å². The molecule has 2 N–H and O–H groups in total. The standard InChI is InChI=1S/C19H22N6O2/c1-11(2)27-16-7-5-6-14(22-16)19(26)21-13(4)17-23-18(25-24-17)15-10-12(3)8-9-20-15/h5-11,13H,1-4H3,(H,21,26)(H,23,24,25). The molecule has 0 aliphatic rings. The van der Waals surface area contributed by atoms with E-state index in [0.717, 1.165) is 5.56 Å². The molecule has 0 fully saturated rings. The Morgan fingerprint density at radius 1 is 1.19 bits per heavy atom. The molecule has 3 heterocycles. The lowest BCUT2D eigenvalue weighted by Gasteiger charge is -2.12. The Morgan fingerprint density at radius 3 is 2.74 bits per heavy atom. The van der Waals surface area contributed by atoms with Crippen molar-refractivity contribution in [1.29, 1.82) is 0 Å². The van der Waals surface area contributed by atoms with E-state index in [-0.39, 0.29) is 23.7 Å². The first-order valence-corrected chi connectivity index (χ1v) is 8.72. The summed E-state index contributed by atoms with van der Waals surface area (Å²) in [6.07, 6.45) is 1.70. The Bertz CT molecular complexity index is 937. The molecule has 140 valence electrons. The van der Waals surface area contributed by atoms with E-state index in [2.05, 4.69) is 30.5 Å². The summed E-state index contributed by atoms with van der Waals surface area (Å²) >= 11 is 0. The number of hydrogen-bond acceptors (Lipinski definition) is 6. The Hall–Kier alpha value is -3.29. The topological polar surface area (TPSA) is 106 Å². The molecule has 3 aromatic rings. The average Bonchev–Trinajstić information content (AvgIpc) is 3.11. The molecule has 1 unspecified atom stereocenters. The Morgan fingerprint density at radius 2 is 2.00 bits per heavy atom. The third kappa shape index (κ3) is 4.66. The van der Waals surface area contributed by atoms with Crippen LogP contribution in [0, 0.1) is 6.92 Å². The lowest BCUT2D eigenvalue weighted by molar-refractivity contribution is 0.0931. The molecule has 1 amide bonds. The number of ether oxygens (including phenoxy) is 1. The number of pyridine rings is 2. The molecule has 0 aliphatic heterocycles. The Labute approximate surface area is 157 Å². The molecule has 0 aromatic carbocycles. The van der Waals surface area contributed by atoms with Gasteiger partial charge >= 0.3 is 0 Å². The number of nitrogens with zero attached hydrogens (tertiary/aromatic N) is 4. The maximum atomic E-state index is 12.5. The highest BCUT2D eigenvalue weighted by Crippen LogP contribution is 2.16. The van der Waals surface area contributed by atoms with E-state index < -0.39 is 0 Å². The maximum absolute atomic E-state index is 12.5. The van der Waals surface area contributed by atoms with E-state index in [9.17, 15) is 4.79 Å². The molecule has 8 nitrogen and oxygen atoms in total. The second-order valence-electron chi connectivity index (χ2n) is 6.49. The molecule has 1 atom stereocenters. The van der Waals surface area contributed by atoms with Gasteiger partial charge in [-0.3, -0.25) is 14.9 Å². The van der Waals surface area contributed by atoms with Crippen molar-refractivity contribution in [2.24, 2.45) is 0 Å². The van der Waals surface area contributed by atoms with E-state index >= 15 is 0 Å². The van der Waals surface area contributed by atoms with Gasteiger partial charge in [0.15, 0.2) is 5.82 Å². The number of carbonyl (C=O) groups is 1. The monoisotopic (exact) mass is 366 g/mol. The number of H-pyrrole nitrogens is 1. The maximum Gasteiger partial charge on any atom is 0.270 e. The normalized spacial score (nSPS) is 12.0. The quantitative estimate of drug-likeness (QED) is 0.695. The molecular weight excluding hydrogens is 344 g/mol. The fraction of sp³-hybridized carbons (Fsp3) is 0.316. The van der Waals surface area contributed by atoms with Crippen molar-refractivity contribution in [2.75, 3.05) is 0 Å². The van der Waals surface area contributed by atoms with Gasteiger partial charge in [0.2, 0.25) is 5.88 Å². The molecule has 27 heavy (non-hydrogen) atoms. The highest BCUT2D eigenvalue weighted by Gasteiger charge is 2.17. The van der Waals surface area contributed by atoms with Crippen molar-refractivity contribution in [3.8, 4) is 17.4 Å². The number of aromatic nitrogens is 5. The van der Waals surface area contributed by atoms with E-state index in [4.69, 9.17) is 4.74 Å². The van der Waals surface area contributed by atoms with E-state index in [1.807, 2.05) is 39.8 Å². The van der Waals surface area contributed by atoms with Crippen molar-refractivity contribution in [2.45, 2.75) is 39.8 Å². The lowest BCUT2D eigenvalue weighted by atomic mass is 10.2. The summed E-state index contributed by atoms with van der Waals surface area (Å²) in [7, 11) is 0. The summed E-state index contributed by atoms with van der Waals surface area (Å²) in [5, 5.41) is 9.90. The summed E-state index contributed by atoms with van der Waals surface area (Å²) in [4.78, 5) is 25.4. The fourth-order valence-corrected chi connectivity index (χ4v) is 2.43. The smallest absolute Gasteiger partial charge is 0.270 e. The fourth-order valence-electron chi connectivity index (χ4n) is 2.43. The van der Waals surface area contributed by atoms with Crippen LogP contribution in [0.5, 0.6) is 5.88 Å². The van der Waals surface area contributed by atoms with Gasteiger partial charge < -0.3 is 10.1 Å². The second-order valence-corrected chi connectivity index (χ2v) is 6.49. The Kier molecular flexibility index (Phi) is 5.44. The third-order valence-corrected chi connectivity index (χ3v) is 3.72. The van der Waals surface area contributed by atoms with Crippen molar-refractivity contribution in [3.63, 3.8) is 0 Å². The van der Waals surface area contributed by atoms with Gasteiger partial charge in [-0.15, -0.1) is 0 Å². The van der Waals surface area contributed by atoms with Gasteiger partial charge in [-0.1, -0.05) is 6.07 Å². The molecule has 0 saturated carbocycles. The molecule has 0 aliphatic carbocycles. The predicted octanol–water partition coefficient (Wildman–Crippen LogP) is 2.85. The number of amides is 1. The second kappa shape index (κ2) is 7.94. The first-order chi connectivity index (χ1) is 12.9. The van der Waals surface area contributed by atoms with Gasteiger partial charge in [0.1, 0.15) is 17.2 Å². The number of nitrogens with one attached hydrogen (secondary N) is 2. The minimum absolute atomic E-state index is 0.0161. The van der Waals surface area contributed by atoms with Crippen LogP contribution in [-0.4, -0.2) is 37.2 Å². The SMILES string of the molecule is Cc1ccnc(-c2n[nH]c(C(C)NC(=O)c3cccc(OC(C)C)n3)n2)c1. The Balaban J connectivity index is 1.70. The lowest BCUT2D eigenvalue weighted by Crippen LogP contribution is -2.28. The van der Waals surface area contributed by atoms with Crippen LogP contribution in [0.2, 0.25) is 0 Å². The first-order valence-electron chi connectivity index (χ1n) is 8.72. The summed E-state index contributed by atoms with van der Waals surface area (Å²) in [6.45, 7) is 7.61. The third-order valence-electron chi connectivity index (χ3n) is 3.72. The molecule has 0 radical (unpaired) electrons. The minimum Gasteiger partial charge on any atom is -0.475 e. The summed E-state index contributed by atoms with van der Waals surface area (Å²) in [5.41, 5.74) is 2.03. The number of carbonyl (C=O) groups excluding carboxylic acids is 1. The van der Waals surface area contributed by atoms with Crippen LogP contribution >= 0.6 is 0 Å². The predicted molar refractivity (Wildman–Crippen MR) is 100 cm³/mol. The molecule has 3 rings (SSSR count). The summed E-state index contributed by atoms with van der Waals surface area (Å²) in [5.74, 6) is 1.12. The number of aryl methyl sites for hydroxylation is 1. The molecule has 0 bridgehead atoms. The largest absolute Gasteiger partial charge is 0.475 e. The molecule has 8 heteroatoms. The number of hydrogen-bond donors (Lipinski definition) is 2. The zero-order valence-corrected chi connectivity index (χ0v) is 15.7. The minimum atomic E-state index is -0.375. The molecular formula is C19H22N6O2. The van der Waals surface area contributed by atoms with Gasteiger partial charge in [0.05, 0.1) is 12.1 Å². The van der Waals surface area contributed by atoms with Crippen LogP contribution in [0.25, 0.3) is 11.5 Å². The van der Waals surface area contributed by atoms with Gasteiger partial charge in [-0.05, 0) is 51.5 Å². The van der Waals surface area contributed by atoms with Crippen LogP contribution in [-0.2, 0) is 0 Å². The van der Waals surface area contributed by atoms with Gasteiger partial charge in [-0.25, -0.2) is 9.97 Å². The van der Waals surface area contributed by atoms with Crippen molar-refractivity contribution in [3.05, 3.63) is 53.6 Å². The van der Waals surface area contributed by atoms with Crippen LogP contribution in [0.3, 0.4) is 0 Å². The van der Waals surface area contributed by atoms with Crippen LogP contribution in [0.1, 0.15) is 48.7 Å². The first kappa shape index (κ1) is 18.5. The van der Waals surface area contributed by atoms with Gasteiger partial charge in [-0.2, -0.15) is 5.10 Å². The zero-order valence-electron chi connectivity index (χ0n) is 15.7. The summed E-state index contributed by atoms with van der Waals surface area (Å²) in [6, 6.07) is 8.53. The number of rotatable bonds is 6. The number of aromatic amines is 1. The molecule has 3 aromatic heterocycles. The van der Waals surface area contributed by atoms with E-state index in [0.29, 0.717) is 23.2 Å². The van der Waals surface area contributed by atoms with Crippen molar-refractivity contribution < 1.29 is 9.53 Å². The van der Waals surface area contributed by atoms with Crippen molar-refractivity contribution >= 4 is 5.91 Å². The van der Waals surface area contributed by atoms with Gasteiger partial charge in [0, 0.05) is 12.3 Å². The zero-order chi connectivity index (χ0) is 19.4. The van der Waals surface area contributed by atoms with E-state index in [1.165, 1.54) is 0 Å². The molecule has 0 saturated heterocycles. The van der Waals surface area contributed by atoms with Crippen LogP contribution < -0.4 is 10.1 Å². The average molecular weight is 366 g/mol. The summed E-state index contributed by atoms with van der Waals surface area (Å²) < 4.78 is 5.53. The van der Waals surface area contributed by atoms with Crippen LogP contribution in [0.4, 0.5) is 0 Å². The van der Waals surface area contributed by atoms with E-state index in [1.54, 1.807) is 24.4 Å². The highest BCUT2D eigenvalue weighted by molar-refractivity contribution is 5.92. The highest BCUT2D eigenvalue weighted by atomic mass is 16.5. The molecule has 0 spiro atoms. The van der Waals surface area contributed by atoms with Crippen LogP contribution in [0.15, 0.2) is 36.5 Å². The van der Waals surface area contributed by atoms with Crippen molar-refractivity contribution in [1.82, 2.24) is 30.5 Å².